The third-order valence-electron chi connectivity index (χ3n) is 4.57. The van der Waals surface area contributed by atoms with E-state index in [1.54, 1.807) is 55.8 Å². The quantitative estimate of drug-likeness (QED) is 0.631. The van der Waals surface area contributed by atoms with Gasteiger partial charge in [-0.25, -0.2) is 0 Å². The molecule has 2 N–H and O–H groups in total. The van der Waals surface area contributed by atoms with Crippen molar-refractivity contribution in [1.29, 1.82) is 0 Å². The van der Waals surface area contributed by atoms with Gasteiger partial charge in [0.05, 0.1) is 19.0 Å². The molecule has 1 atom stereocenters. The van der Waals surface area contributed by atoms with E-state index in [1.165, 1.54) is 10.9 Å². The van der Waals surface area contributed by atoms with Crippen molar-refractivity contribution in [3.8, 4) is 11.5 Å². The highest BCUT2D eigenvalue weighted by Crippen LogP contribution is 2.31. The molecular weight excluding hydrogens is 408 g/mol. The number of halogens is 1. The second-order valence-electron chi connectivity index (χ2n) is 6.76. The molecule has 0 saturated heterocycles. The largest absolute Gasteiger partial charge is 0.497 e. The second-order valence-corrected chi connectivity index (χ2v) is 7.19. The summed E-state index contributed by atoms with van der Waals surface area (Å²) in [6.07, 6.45) is 2.88. The summed E-state index contributed by atoms with van der Waals surface area (Å²) in [7, 11) is 1.58. The minimum Gasteiger partial charge on any atom is -0.497 e. The topological polar surface area (TPSA) is 94.5 Å². The number of aromatic nitrogens is 2. The Morgan fingerprint density at radius 3 is 2.77 bits per heavy atom. The van der Waals surface area contributed by atoms with E-state index in [9.17, 15) is 9.59 Å². The van der Waals surface area contributed by atoms with Gasteiger partial charge in [-0.1, -0.05) is 11.6 Å². The van der Waals surface area contributed by atoms with Crippen molar-refractivity contribution in [2.75, 3.05) is 17.7 Å². The SMILES string of the molecule is COc1ccc(NC(=O)Cn2cc(NC(=O)C3Cc4cc(Cl)ccc4O3)cn2)cc1. The predicted molar refractivity (Wildman–Crippen MR) is 112 cm³/mol. The standard InChI is InChI=1S/C21H19ClN4O4/c1-29-17-5-3-15(4-6-17)24-20(27)12-26-11-16(10-23-26)25-21(28)19-9-13-8-14(22)2-7-18(13)30-19/h2-8,10-11,19H,9,12H2,1H3,(H,24,27)(H,25,28). The van der Waals surface area contributed by atoms with Crippen LogP contribution in [0.4, 0.5) is 11.4 Å². The average Bonchev–Trinajstić information content (AvgIpc) is 3.34. The summed E-state index contributed by atoms with van der Waals surface area (Å²) in [4.78, 5) is 24.7. The van der Waals surface area contributed by atoms with Crippen LogP contribution in [-0.4, -0.2) is 34.8 Å². The zero-order valence-corrected chi connectivity index (χ0v) is 16.8. The predicted octanol–water partition coefficient (Wildman–Crippen LogP) is 3.13. The van der Waals surface area contributed by atoms with Crippen molar-refractivity contribution in [3.63, 3.8) is 0 Å². The van der Waals surface area contributed by atoms with Crippen LogP contribution in [0.5, 0.6) is 11.5 Å². The number of nitrogens with zero attached hydrogens (tertiary/aromatic N) is 2. The molecule has 2 aromatic carbocycles. The van der Waals surface area contributed by atoms with Crippen LogP contribution in [0.15, 0.2) is 54.9 Å². The highest BCUT2D eigenvalue weighted by molar-refractivity contribution is 6.30. The lowest BCUT2D eigenvalue weighted by Gasteiger charge is -2.10. The van der Waals surface area contributed by atoms with Gasteiger partial charge in [-0.05, 0) is 48.0 Å². The van der Waals surface area contributed by atoms with E-state index in [2.05, 4.69) is 15.7 Å². The van der Waals surface area contributed by atoms with E-state index < -0.39 is 6.10 Å². The van der Waals surface area contributed by atoms with E-state index in [-0.39, 0.29) is 18.4 Å². The highest BCUT2D eigenvalue weighted by atomic mass is 35.5. The number of rotatable bonds is 6. The molecule has 1 unspecified atom stereocenters. The van der Waals surface area contributed by atoms with Crippen LogP contribution in [-0.2, 0) is 22.6 Å². The highest BCUT2D eigenvalue weighted by Gasteiger charge is 2.29. The Bertz CT molecular complexity index is 1080. The lowest BCUT2D eigenvalue weighted by Crippen LogP contribution is -2.31. The summed E-state index contributed by atoms with van der Waals surface area (Å²) in [6, 6.07) is 12.3. The number of hydrogen-bond acceptors (Lipinski definition) is 5. The van der Waals surface area contributed by atoms with Gasteiger partial charge in [0.15, 0.2) is 6.10 Å². The van der Waals surface area contributed by atoms with Crippen molar-refractivity contribution in [3.05, 3.63) is 65.4 Å². The lowest BCUT2D eigenvalue weighted by molar-refractivity contribution is -0.122. The minimum atomic E-state index is -0.639. The van der Waals surface area contributed by atoms with Crippen molar-refractivity contribution >= 4 is 34.8 Å². The Morgan fingerprint density at radius 2 is 2.00 bits per heavy atom. The number of nitrogens with one attached hydrogen (secondary N) is 2. The van der Waals surface area contributed by atoms with E-state index in [0.717, 1.165) is 5.56 Å². The van der Waals surface area contributed by atoms with Gasteiger partial charge >= 0.3 is 0 Å². The van der Waals surface area contributed by atoms with Gasteiger partial charge in [0, 0.05) is 23.3 Å². The summed E-state index contributed by atoms with van der Waals surface area (Å²) in [5.41, 5.74) is 2.03. The average molecular weight is 427 g/mol. The molecule has 8 nitrogen and oxygen atoms in total. The molecular formula is C21H19ClN4O4. The number of carbonyl (C=O) groups is 2. The maximum Gasteiger partial charge on any atom is 0.265 e. The van der Waals surface area contributed by atoms with E-state index >= 15 is 0 Å². The molecule has 0 spiro atoms. The zero-order chi connectivity index (χ0) is 21.1. The molecule has 0 aliphatic carbocycles. The van der Waals surface area contributed by atoms with Crippen molar-refractivity contribution in [2.24, 2.45) is 0 Å². The Hall–Kier alpha value is -3.52. The normalized spacial score (nSPS) is 14.5. The monoisotopic (exact) mass is 426 g/mol. The van der Waals surface area contributed by atoms with Gasteiger partial charge in [-0.2, -0.15) is 5.10 Å². The third kappa shape index (κ3) is 4.55. The van der Waals surface area contributed by atoms with Gasteiger partial charge in [0.1, 0.15) is 18.0 Å². The first-order valence-electron chi connectivity index (χ1n) is 9.22. The number of methoxy groups -OCH3 is 1. The molecule has 30 heavy (non-hydrogen) atoms. The first-order chi connectivity index (χ1) is 14.5. The molecule has 1 aromatic heterocycles. The van der Waals surface area contributed by atoms with Crippen LogP contribution in [0.1, 0.15) is 5.56 Å². The smallest absolute Gasteiger partial charge is 0.265 e. The lowest BCUT2D eigenvalue weighted by atomic mass is 10.1. The van der Waals surface area contributed by atoms with Crippen LogP contribution >= 0.6 is 11.6 Å². The molecule has 0 saturated carbocycles. The van der Waals surface area contributed by atoms with Gasteiger partial charge < -0.3 is 20.1 Å². The number of ether oxygens (including phenoxy) is 2. The van der Waals surface area contributed by atoms with Crippen LogP contribution < -0.4 is 20.1 Å². The number of anilines is 2. The maximum atomic E-state index is 12.5. The summed E-state index contributed by atoms with van der Waals surface area (Å²) in [5.74, 6) is 0.834. The molecule has 3 aromatic rings. The molecule has 2 heterocycles. The van der Waals surface area contributed by atoms with Gasteiger partial charge in [-0.15, -0.1) is 0 Å². The summed E-state index contributed by atoms with van der Waals surface area (Å²) in [6.45, 7) is 0.00572. The fourth-order valence-electron chi connectivity index (χ4n) is 3.12. The number of amides is 2. The van der Waals surface area contributed by atoms with Crippen molar-refractivity contribution in [1.82, 2.24) is 9.78 Å². The maximum absolute atomic E-state index is 12.5. The number of carbonyl (C=O) groups excluding carboxylic acids is 2. The Kier molecular flexibility index (Phi) is 5.58. The molecule has 0 radical (unpaired) electrons. The van der Waals surface area contributed by atoms with Gasteiger partial charge in [0.25, 0.3) is 5.91 Å². The van der Waals surface area contributed by atoms with Gasteiger partial charge in [0.2, 0.25) is 5.91 Å². The van der Waals surface area contributed by atoms with Crippen LogP contribution in [0.3, 0.4) is 0 Å². The third-order valence-corrected chi connectivity index (χ3v) is 4.80. The first kappa shape index (κ1) is 19.8. The Balaban J connectivity index is 1.30. The number of benzene rings is 2. The summed E-state index contributed by atoms with van der Waals surface area (Å²) < 4.78 is 12.2. The van der Waals surface area contributed by atoms with Crippen LogP contribution in [0, 0.1) is 0 Å². The molecule has 4 rings (SSSR count). The summed E-state index contributed by atoms with van der Waals surface area (Å²) >= 11 is 5.98. The van der Waals surface area contributed by atoms with E-state index in [0.29, 0.717) is 34.3 Å². The zero-order valence-electron chi connectivity index (χ0n) is 16.1. The van der Waals surface area contributed by atoms with E-state index in [4.69, 9.17) is 21.1 Å². The van der Waals surface area contributed by atoms with Crippen LogP contribution in [0.25, 0.3) is 0 Å². The minimum absolute atomic E-state index is 0.00572. The molecule has 0 bridgehead atoms. The van der Waals surface area contributed by atoms with Gasteiger partial charge in [-0.3, -0.25) is 14.3 Å². The Morgan fingerprint density at radius 1 is 1.20 bits per heavy atom. The fraction of sp³-hybridized carbons (Fsp3) is 0.190. The first-order valence-corrected chi connectivity index (χ1v) is 9.60. The van der Waals surface area contributed by atoms with E-state index in [1.807, 2.05) is 0 Å². The molecule has 0 fully saturated rings. The van der Waals surface area contributed by atoms with Crippen molar-refractivity contribution in [2.45, 2.75) is 19.1 Å². The summed E-state index contributed by atoms with van der Waals surface area (Å²) in [5, 5.41) is 10.3. The number of fused-ring (bicyclic) bond motifs is 1. The fourth-order valence-corrected chi connectivity index (χ4v) is 3.32. The number of hydrogen-bond donors (Lipinski definition) is 2. The second kappa shape index (κ2) is 8.46. The van der Waals surface area contributed by atoms with Crippen molar-refractivity contribution < 1.29 is 19.1 Å². The molecule has 154 valence electrons. The molecule has 1 aliphatic heterocycles. The Labute approximate surface area is 177 Å². The van der Waals surface area contributed by atoms with Crippen LogP contribution in [0.2, 0.25) is 5.02 Å². The molecule has 1 aliphatic rings. The molecule has 9 heteroatoms. The molecule has 2 amide bonds.